The number of unbranched alkanes of at least 4 members (excludes halogenated alkanes) is 4. The first-order valence-electron chi connectivity index (χ1n) is 7.08. The SMILES string of the molecule is CCCCCCCNCC1(C2CC2)CC1. The third-order valence-corrected chi connectivity index (χ3v) is 4.27. The zero-order valence-electron chi connectivity index (χ0n) is 10.4. The summed E-state index contributed by atoms with van der Waals surface area (Å²) in [5.41, 5.74) is 0.795. The number of nitrogens with one attached hydrogen (secondary N) is 1. The van der Waals surface area contributed by atoms with Crippen LogP contribution in [0.25, 0.3) is 0 Å². The van der Waals surface area contributed by atoms with Crippen molar-refractivity contribution in [3.8, 4) is 0 Å². The first-order valence-corrected chi connectivity index (χ1v) is 7.08. The molecule has 0 saturated heterocycles. The van der Waals surface area contributed by atoms with Gasteiger partial charge in [0.15, 0.2) is 0 Å². The lowest BCUT2D eigenvalue weighted by molar-refractivity contribution is 0.400. The summed E-state index contributed by atoms with van der Waals surface area (Å²) in [7, 11) is 0. The maximum atomic E-state index is 3.69. The highest BCUT2D eigenvalue weighted by Crippen LogP contribution is 2.60. The molecule has 2 fully saturated rings. The number of rotatable bonds is 9. The van der Waals surface area contributed by atoms with E-state index in [1.165, 1.54) is 70.9 Å². The maximum Gasteiger partial charge on any atom is 0.00105 e. The molecule has 0 aromatic carbocycles. The second-order valence-corrected chi connectivity index (χ2v) is 5.73. The van der Waals surface area contributed by atoms with Crippen molar-refractivity contribution in [1.29, 1.82) is 0 Å². The molecule has 2 aliphatic rings. The summed E-state index contributed by atoms with van der Waals surface area (Å²) in [5, 5.41) is 3.69. The molecule has 0 heterocycles. The van der Waals surface area contributed by atoms with E-state index in [-0.39, 0.29) is 0 Å². The molecule has 15 heavy (non-hydrogen) atoms. The Morgan fingerprint density at radius 1 is 1.07 bits per heavy atom. The molecule has 2 aliphatic carbocycles. The van der Waals surface area contributed by atoms with Crippen LogP contribution in [0.5, 0.6) is 0 Å². The normalized spacial score (nSPS) is 23.0. The number of hydrogen-bond donors (Lipinski definition) is 1. The Hall–Kier alpha value is -0.0400. The maximum absolute atomic E-state index is 3.69. The zero-order chi connectivity index (χ0) is 10.6. The average molecular weight is 209 g/mol. The fraction of sp³-hybridized carbons (Fsp3) is 1.00. The Morgan fingerprint density at radius 2 is 1.80 bits per heavy atom. The van der Waals surface area contributed by atoms with Crippen LogP contribution in [-0.2, 0) is 0 Å². The summed E-state index contributed by atoms with van der Waals surface area (Å²) >= 11 is 0. The summed E-state index contributed by atoms with van der Waals surface area (Å²) in [6.45, 7) is 4.87. The first-order chi connectivity index (χ1) is 7.37. The quantitative estimate of drug-likeness (QED) is 0.570. The molecule has 0 bridgehead atoms. The van der Waals surface area contributed by atoms with E-state index in [0.717, 1.165) is 11.3 Å². The molecule has 2 rings (SSSR count). The van der Waals surface area contributed by atoms with E-state index in [2.05, 4.69) is 12.2 Å². The molecule has 0 amide bonds. The average Bonchev–Trinajstić information content (AvgIpc) is 3.08. The Labute approximate surface area is 95.0 Å². The van der Waals surface area contributed by atoms with Crippen LogP contribution in [0.15, 0.2) is 0 Å². The summed E-state index contributed by atoms with van der Waals surface area (Å²) < 4.78 is 0. The largest absolute Gasteiger partial charge is 0.316 e. The molecular formula is C14H27N. The van der Waals surface area contributed by atoms with Crippen LogP contribution < -0.4 is 5.32 Å². The minimum absolute atomic E-state index is 0.795. The fourth-order valence-corrected chi connectivity index (χ4v) is 2.78. The molecule has 0 aromatic heterocycles. The third-order valence-electron chi connectivity index (χ3n) is 4.27. The second-order valence-electron chi connectivity index (χ2n) is 5.73. The van der Waals surface area contributed by atoms with Crippen molar-refractivity contribution in [2.75, 3.05) is 13.1 Å². The summed E-state index contributed by atoms with van der Waals surface area (Å²) in [4.78, 5) is 0. The highest BCUT2D eigenvalue weighted by Gasteiger charge is 2.52. The Bertz CT molecular complexity index is 180. The fourth-order valence-electron chi connectivity index (χ4n) is 2.78. The van der Waals surface area contributed by atoms with E-state index in [9.17, 15) is 0 Å². The van der Waals surface area contributed by atoms with Crippen LogP contribution in [0, 0.1) is 11.3 Å². The van der Waals surface area contributed by atoms with Gasteiger partial charge in [0.1, 0.15) is 0 Å². The molecule has 2 saturated carbocycles. The van der Waals surface area contributed by atoms with Crippen molar-refractivity contribution in [2.45, 2.75) is 64.7 Å². The molecule has 88 valence electrons. The highest BCUT2D eigenvalue weighted by molar-refractivity contribution is 5.04. The predicted molar refractivity (Wildman–Crippen MR) is 66.0 cm³/mol. The summed E-state index contributed by atoms with van der Waals surface area (Å²) in [5.74, 6) is 1.12. The van der Waals surface area contributed by atoms with Gasteiger partial charge in [-0.25, -0.2) is 0 Å². The highest BCUT2D eigenvalue weighted by atomic mass is 14.9. The minimum atomic E-state index is 0.795. The molecule has 0 radical (unpaired) electrons. The standard InChI is InChI=1S/C14H27N/c1-2-3-4-5-6-11-15-12-14(9-10-14)13-7-8-13/h13,15H,2-12H2,1H3. The van der Waals surface area contributed by atoms with E-state index in [4.69, 9.17) is 0 Å². The molecule has 1 N–H and O–H groups in total. The van der Waals surface area contributed by atoms with Gasteiger partial charge in [0.25, 0.3) is 0 Å². The van der Waals surface area contributed by atoms with E-state index >= 15 is 0 Å². The lowest BCUT2D eigenvalue weighted by atomic mass is 10.0. The van der Waals surface area contributed by atoms with Gasteiger partial charge in [-0.05, 0) is 50.0 Å². The van der Waals surface area contributed by atoms with Crippen molar-refractivity contribution in [1.82, 2.24) is 5.32 Å². The van der Waals surface area contributed by atoms with E-state index in [1.54, 1.807) is 0 Å². The van der Waals surface area contributed by atoms with E-state index in [1.807, 2.05) is 0 Å². The molecule has 0 spiro atoms. The minimum Gasteiger partial charge on any atom is -0.316 e. The second kappa shape index (κ2) is 5.34. The molecule has 1 nitrogen and oxygen atoms in total. The van der Waals surface area contributed by atoms with E-state index < -0.39 is 0 Å². The van der Waals surface area contributed by atoms with Crippen LogP contribution in [0.2, 0.25) is 0 Å². The van der Waals surface area contributed by atoms with Gasteiger partial charge in [0.2, 0.25) is 0 Å². The Kier molecular flexibility index (Phi) is 4.07. The van der Waals surface area contributed by atoms with Crippen LogP contribution in [-0.4, -0.2) is 13.1 Å². The van der Waals surface area contributed by atoms with E-state index in [0.29, 0.717) is 0 Å². The van der Waals surface area contributed by atoms with Crippen LogP contribution >= 0.6 is 0 Å². The van der Waals surface area contributed by atoms with Gasteiger partial charge in [0, 0.05) is 6.54 Å². The third kappa shape index (κ3) is 3.48. The van der Waals surface area contributed by atoms with Crippen molar-refractivity contribution in [2.24, 2.45) is 11.3 Å². The van der Waals surface area contributed by atoms with Crippen molar-refractivity contribution < 1.29 is 0 Å². The van der Waals surface area contributed by atoms with Gasteiger partial charge in [-0.3, -0.25) is 0 Å². The molecule has 0 atom stereocenters. The zero-order valence-corrected chi connectivity index (χ0v) is 10.4. The topological polar surface area (TPSA) is 12.0 Å². The van der Waals surface area contributed by atoms with Crippen molar-refractivity contribution in [3.63, 3.8) is 0 Å². The van der Waals surface area contributed by atoms with Crippen molar-refractivity contribution in [3.05, 3.63) is 0 Å². The van der Waals surface area contributed by atoms with Gasteiger partial charge in [-0.15, -0.1) is 0 Å². The lowest BCUT2D eigenvalue weighted by Gasteiger charge is -2.14. The smallest absolute Gasteiger partial charge is 0.00105 e. The van der Waals surface area contributed by atoms with Gasteiger partial charge < -0.3 is 5.32 Å². The van der Waals surface area contributed by atoms with Gasteiger partial charge in [0.05, 0.1) is 0 Å². The van der Waals surface area contributed by atoms with Gasteiger partial charge >= 0.3 is 0 Å². The molecule has 1 heteroatoms. The predicted octanol–water partition coefficient (Wildman–Crippen LogP) is 3.74. The van der Waals surface area contributed by atoms with Gasteiger partial charge in [-0.2, -0.15) is 0 Å². The van der Waals surface area contributed by atoms with Crippen LogP contribution in [0.3, 0.4) is 0 Å². The molecule has 0 aliphatic heterocycles. The lowest BCUT2D eigenvalue weighted by Crippen LogP contribution is -2.26. The first kappa shape index (κ1) is 11.4. The summed E-state index contributed by atoms with van der Waals surface area (Å²) in [6, 6.07) is 0. The van der Waals surface area contributed by atoms with Gasteiger partial charge in [-0.1, -0.05) is 32.6 Å². The van der Waals surface area contributed by atoms with Crippen LogP contribution in [0.4, 0.5) is 0 Å². The molecular weight excluding hydrogens is 182 g/mol. The van der Waals surface area contributed by atoms with Crippen LogP contribution in [0.1, 0.15) is 64.7 Å². The monoisotopic (exact) mass is 209 g/mol. The Morgan fingerprint density at radius 3 is 2.40 bits per heavy atom. The Balaban J connectivity index is 1.42. The van der Waals surface area contributed by atoms with Crippen molar-refractivity contribution >= 4 is 0 Å². The summed E-state index contributed by atoms with van der Waals surface area (Å²) in [6.07, 6.45) is 13.1. The number of hydrogen-bond acceptors (Lipinski definition) is 1. The molecule has 0 unspecified atom stereocenters. The molecule has 0 aromatic rings.